The maximum Gasteiger partial charge on any atom is 0.136 e. The largest absolute Gasteiger partial charge is 0.456 e. The summed E-state index contributed by atoms with van der Waals surface area (Å²) in [5, 5.41) is 19.0. The Kier molecular flexibility index (Phi) is 8.78. The standard InChI is InChI=1S/C72H42O2/c1-3-17-43(18-4-1)45-23-11-31-55-61(45)41-62-46(44-19-5-2-6-20-44)24-12-32-56(62)71(55)72-57-33-15-27-49(47-25-13-29-53-51(47)37-39-67-69(53)59-21-7-9-35-65(59)73-67)63(57)42-64-50(28-16-34-58(64)72)48-26-14-30-54-52(48)38-40-68-70(54)60-22-8-10-36-66(60)74-68/h1-42H. The number of benzene rings is 14. The van der Waals surface area contributed by atoms with E-state index in [9.17, 15) is 0 Å². The van der Waals surface area contributed by atoms with Gasteiger partial charge in [0, 0.05) is 21.5 Å². The van der Waals surface area contributed by atoms with E-state index in [0.717, 1.165) is 43.9 Å². The molecule has 2 aromatic heterocycles. The normalized spacial score (nSPS) is 12.1. The van der Waals surface area contributed by atoms with Crippen LogP contribution >= 0.6 is 0 Å². The Morgan fingerprint density at radius 1 is 0.176 bits per heavy atom. The van der Waals surface area contributed by atoms with Crippen molar-refractivity contribution in [1.29, 1.82) is 0 Å². The fourth-order valence-electron chi connectivity index (χ4n) is 12.7. The van der Waals surface area contributed by atoms with Crippen LogP contribution in [0.2, 0.25) is 0 Å². The second kappa shape index (κ2) is 15.9. The molecule has 0 amide bonds. The highest BCUT2D eigenvalue weighted by Gasteiger charge is 2.24. The zero-order chi connectivity index (χ0) is 48.4. The van der Waals surface area contributed by atoms with Crippen LogP contribution in [0.5, 0.6) is 0 Å². The zero-order valence-corrected chi connectivity index (χ0v) is 40.1. The molecule has 2 nitrogen and oxygen atoms in total. The van der Waals surface area contributed by atoms with Crippen molar-refractivity contribution in [2.24, 2.45) is 0 Å². The van der Waals surface area contributed by atoms with Gasteiger partial charge in [-0.3, -0.25) is 0 Å². The van der Waals surface area contributed by atoms with Gasteiger partial charge in [-0.15, -0.1) is 0 Å². The van der Waals surface area contributed by atoms with E-state index in [1.54, 1.807) is 0 Å². The van der Waals surface area contributed by atoms with Crippen LogP contribution in [0.1, 0.15) is 0 Å². The minimum atomic E-state index is 0.898. The Balaban J connectivity index is 1.08. The Morgan fingerprint density at radius 2 is 0.486 bits per heavy atom. The monoisotopic (exact) mass is 938 g/mol. The van der Waals surface area contributed by atoms with Crippen molar-refractivity contribution in [2.75, 3.05) is 0 Å². The molecule has 0 fully saturated rings. The van der Waals surface area contributed by atoms with Crippen molar-refractivity contribution in [3.8, 4) is 55.6 Å². The average Bonchev–Trinajstić information content (AvgIpc) is 4.06. The first-order valence-electron chi connectivity index (χ1n) is 25.5. The van der Waals surface area contributed by atoms with E-state index < -0.39 is 0 Å². The van der Waals surface area contributed by atoms with E-state index in [1.165, 1.54) is 120 Å². The molecular formula is C72H42O2. The smallest absolute Gasteiger partial charge is 0.136 e. The molecule has 2 heterocycles. The van der Waals surface area contributed by atoms with E-state index in [0.29, 0.717) is 0 Å². The Labute approximate surface area is 425 Å². The van der Waals surface area contributed by atoms with E-state index in [2.05, 4.69) is 243 Å². The molecule has 0 aliphatic rings. The molecule has 0 aliphatic heterocycles. The van der Waals surface area contributed by atoms with Crippen LogP contribution in [0.3, 0.4) is 0 Å². The molecule has 74 heavy (non-hydrogen) atoms. The molecule has 0 saturated heterocycles. The van der Waals surface area contributed by atoms with E-state index >= 15 is 0 Å². The SMILES string of the molecule is c1ccc(-c2cccc3c(-c4c5cccc(-c6cccc7c6ccc6oc8ccccc8c67)c5cc5c(-c6cccc7c6ccc6oc8ccccc8c67)cccc45)c4cccc(-c5ccccc5)c4cc23)cc1. The third-order valence-corrected chi connectivity index (χ3v) is 15.9. The fourth-order valence-corrected chi connectivity index (χ4v) is 12.7. The van der Waals surface area contributed by atoms with Crippen LogP contribution < -0.4 is 0 Å². The lowest BCUT2D eigenvalue weighted by molar-refractivity contribution is 0.669. The topological polar surface area (TPSA) is 26.3 Å². The summed E-state index contributed by atoms with van der Waals surface area (Å²) in [6, 6.07) is 93.6. The summed E-state index contributed by atoms with van der Waals surface area (Å²) in [6.07, 6.45) is 0. The lowest BCUT2D eigenvalue weighted by Gasteiger charge is -2.22. The molecule has 0 N–H and O–H groups in total. The third kappa shape index (κ3) is 5.94. The lowest BCUT2D eigenvalue weighted by atomic mass is 9.81. The third-order valence-electron chi connectivity index (χ3n) is 15.9. The molecule has 16 rings (SSSR count). The number of hydrogen-bond donors (Lipinski definition) is 0. The van der Waals surface area contributed by atoms with Crippen LogP contribution in [-0.4, -0.2) is 0 Å². The zero-order valence-electron chi connectivity index (χ0n) is 40.1. The molecule has 0 unspecified atom stereocenters. The summed E-state index contributed by atoms with van der Waals surface area (Å²) in [6.45, 7) is 0. The van der Waals surface area contributed by atoms with Gasteiger partial charge in [0.15, 0.2) is 0 Å². The molecule has 342 valence electrons. The quantitative estimate of drug-likeness (QED) is 0.161. The van der Waals surface area contributed by atoms with Gasteiger partial charge in [-0.25, -0.2) is 0 Å². The van der Waals surface area contributed by atoms with Gasteiger partial charge in [-0.05, 0) is 157 Å². The highest BCUT2D eigenvalue weighted by molar-refractivity contribution is 6.30. The summed E-state index contributed by atoms with van der Waals surface area (Å²) >= 11 is 0. The van der Waals surface area contributed by atoms with Crippen LogP contribution in [0.25, 0.3) is 164 Å². The van der Waals surface area contributed by atoms with E-state index in [4.69, 9.17) is 8.83 Å². The summed E-state index contributed by atoms with van der Waals surface area (Å²) in [7, 11) is 0. The second-order valence-corrected chi connectivity index (χ2v) is 19.7. The van der Waals surface area contributed by atoms with Crippen LogP contribution in [0.4, 0.5) is 0 Å². The predicted octanol–water partition coefficient (Wildman–Crippen LogP) is 20.7. The summed E-state index contributed by atoms with van der Waals surface area (Å²) in [5.74, 6) is 0. The highest BCUT2D eigenvalue weighted by Crippen LogP contribution is 2.51. The fraction of sp³-hybridized carbons (Fsp3) is 0. The first-order valence-corrected chi connectivity index (χ1v) is 25.5. The molecule has 16 aromatic rings. The number of fused-ring (bicyclic) bond motifs is 14. The van der Waals surface area contributed by atoms with E-state index in [1.807, 2.05) is 12.1 Å². The highest BCUT2D eigenvalue weighted by atomic mass is 16.3. The molecule has 0 spiro atoms. The molecule has 0 bridgehead atoms. The van der Waals surface area contributed by atoms with Gasteiger partial charge in [0.2, 0.25) is 0 Å². The molecular weight excluding hydrogens is 897 g/mol. The lowest BCUT2D eigenvalue weighted by Crippen LogP contribution is -1.95. The van der Waals surface area contributed by atoms with Gasteiger partial charge in [-0.1, -0.05) is 218 Å². The van der Waals surface area contributed by atoms with Gasteiger partial charge < -0.3 is 8.83 Å². The van der Waals surface area contributed by atoms with Crippen LogP contribution in [-0.2, 0) is 0 Å². The second-order valence-electron chi connectivity index (χ2n) is 19.7. The first-order chi connectivity index (χ1) is 36.7. The molecule has 14 aromatic carbocycles. The molecule has 0 saturated carbocycles. The van der Waals surface area contributed by atoms with Gasteiger partial charge in [0.1, 0.15) is 22.3 Å². The molecule has 2 heteroatoms. The number of hydrogen-bond acceptors (Lipinski definition) is 2. The average molecular weight is 939 g/mol. The summed E-state index contributed by atoms with van der Waals surface area (Å²) in [5.41, 5.74) is 15.6. The van der Waals surface area contributed by atoms with Crippen molar-refractivity contribution in [3.63, 3.8) is 0 Å². The van der Waals surface area contributed by atoms with Gasteiger partial charge >= 0.3 is 0 Å². The van der Waals surface area contributed by atoms with Gasteiger partial charge in [0.25, 0.3) is 0 Å². The van der Waals surface area contributed by atoms with Crippen molar-refractivity contribution in [3.05, 3.63) is 255 Å². The maximum absolute atomic E-state index is 6.45. The molecule has 0 aliphatic carbocycles. The van der Waals surface area contributed by atoms with Crippen molar-refractivity contribution >= 4 is 109 Å². The van der Waals surface area contributed by atoms with Gasteiger partial charge in [0.05, 0.1) is 0 Å². The minimum Gasteiger partial charge on any atom is -0.456 e. The minimum absolute atomic E-state index is 0.898. The van der Waals surface area contributed by atoms with Crippen molar-refractivity contribution in [1.82, 2.24) is 0 Å². The maximum atomic E-state index is 6.45. The van der Waals surface area contributed by atoms with Crippen molar-refractivity contribution < 1.29 is 8.83 Å². The Morgan fingerprint density at radius 3 is 0.892 bits per heavy atom. The number of furan rings is 2. The Bertz CT molecular complexity index is 4690. The predicted molar refractivity (Wildman–Crippen MR) is 313 cm³/mol. The molecule has 0 radical (unpaired) electrons. The number of para-hydroxylation sites is 2. The Hall–Kier alpha value is -9.76. The number of rotatable bonds is 5. The molecule has 0 atom stereocenters. The first kappa shape index (κ1) is 40.9. The van der Waals surface area contributed by atoms with Crippen LogP contribution in [0, 0.1) is 0 Å². The van der Waals surface area contributed by atoms with Gasteiger partial charge in [-0.2, -0.15) is 0 Å². The van der Waals surface area contributed by atoms with Crippen LogP contribution in [0.15, 0.2) is 264 Å². The summed E-state index contributed by atoms with van der Waals surface area (Å²) < 4.78 is 12.9. The summed E-state index contributed by atoms with van der Waals surface area (Å²) in [4.78, 5) is 0. The van der Waals surface area contributed by atoms with Crippen molar-refractivity contribution in [2.45, 2.75) is 0 Å². The van der Waals surface area contributed by atoms with E-state index in [-0.39, 0.29) is 0 Å².